The maximum atomic E-state index is 10.1. The average Bonchev–Trinajstić information content (AvgIpc) is 2.32. The summed E-state index contributed by atoms with van der Waals surface area (Å²) in [6.45, 7) is 20.5. The molecule has 0 fully saturated rings. The van der Waals surface area contributed by atoms with Crippen molar-refractivity contribution in [3.05, 3.63) is 0 Å². The highest BCUT2D eigenvalue weighted by atomic mass is 28.5. The van der Waals surface area contributed by atoms with Crippen molar-refractivity contribution in [1.29, 1.82) is 0 Å². The first kappa shape index (κ1) is 25.5. The summed E-state index contributed by atoms with van der Waals surface area (Å²) < 4.78 is 19.3. The highest BCUT2D eigenvalue weighted by Crippen LogP contribution is 2.23. The van der Waals surface area contributed by atoms with Crippen LogP contribution in [0.15, 0.2) is 0 Å². The molecule has 0 rings (SSSR count). The van der Waals surface area contributed by atoms with Gasteiger partial charge in [0.15, 0.2) is 16.6 Å². The lowest BCUT2D eigenvalue weighted by Crippen LogP contribution is -2.51. The van der Waals surface area contributed by atoms with Crippen molar-refractivity contribution in [1.82, 2.24) is 0 Å². The molecule has 5 nitrogen and oxygen atoms in total. The minimum atomic E-state index is -2.05. The number of hydrogen-bond acceptors (Lipinski definition) is 4. The summed E-state index contributed by atoms with van der Waals surface area (Å²) in [4.78, 5) is 0. The van der Waals surface area contributed by atoms with Gasteiger partial charge in [-0.25, -0.2) is 0 Å². The number of aliphatic hydroxyl groups excluding tert-OH is 1. The average molecular weight is 411 g/mol. The summed E-state index contributed by atoms with van der Waals surface area (Å²) in [5, 5.41) is 10.1. The van der Waals surface area contributed by atoms with Crippen LogP contribution in [0, 0.1) is 0 Å². The van der Waals surface area contributed by atoms with Crippen molar-refractivity contribution in [3.8, 4) is 0 Å². The molecule has 0 bridgehead atoms. The molecule has 0 heterocycles. The smallest absolute Gasteiger partial charge is 0.311 e. The molecule has 0 aromatic heterocycles. The number of hydrogen-bond donors (Lipinski definition) is 1. The van der Waals surface area contributed by atoms with Crippen LogP contribution < -0.4 is 0 Å². The summed E-state index contributed by atoms with van der Waals surface area (Å²) >= 11 is 0. The van der Waals surface area contributed by atoms with E-state index in [4.69, 9.17) is 13.0 Å². The Morgan fingerprint density at radius 2 is 1.52 bits per heavy atom. The van der Waals surface area contributed by atoms with Crippen LogP contribution in [0.3, 0.4) is 0 Å². The molecule has 0 aliphatic heterocycles. The van der Waals surface area contributed by atoms with Crippen molar-refractivity contribution >= 4 is 25.2 Å². The van der Waals surface area contributed by atoms with Gasteiger partial charge in [0.1, 0.15) is 12.6 Å². The van der Waals surface area contributed by atoms with E-state index < -0.39 is 31.3 Å². The van der Waals surface area contributed by atoms with Crippen LogP contribution in [0.2, 0.25) is 51.9 Å². The zero-order valence-electron chi connectivity index (χ0n) is 18.4. The monoisotopic (exact) mass is 410 g/mol. The summed E-state index contributed by atoms with van der Waals surface area (Å²) in [5.41, 5.74) is 0. The Labute approximate surface area is 159 Å². The van der Waals surface area contributed by atoms with Gasteiger partial charge in [0.25, 0.3) is 0 Å². The van der Waals surface area contributed by atoms with Crippen LogP contribution in [0.4, 0.5) is 0 Å². The minimum Gasteiger partial charge on any atom is -0.437 e. The van der Waals surface area contributed by atoms with E-state index in [1.54, 1.807) is 0 Å². The Bertz CT molecular complexity index is 385. The maximum absolute atomic E-state index is 10.1. The van der Waals surface area contributed by atoms with Gasteiger partial charge in [-0.05, 0) is 65.2 Å². The number of rotatable bonds is 13. The van der Waals surface area contributed by atoms with E-state index in [9.17, 15) is 5.11 Å². The van der Waals surface area contributed by atoms with E-state index in [1.165, 1.54) is 0 Å². The lowest BCUT2D eigenvalue weighted by atomic mass is 10.3. The van der Waals surface area contributed by atoms with Gasteiger partial charge >= 0.3 is 8.56 Å². The van der Waals surface area contributed by atoms with E-state index in [2.05, 4.69) is 66.8 Å². The molecule has 0 amide bonds. The molecule has 1 unspecified atom stereocenters. The summed E-state index contributed by atoms with van der Waals surface area (Å²) in [7, 11) is -1.11. The van der Waals surface area contributed by atoms with Crippen LogP contribution >= 0.6 is 0 Å². The van der Waals surface area contributed by atoms with Crippen molar-refractivity contribution < 1.29 is 22.6 Å². The second-order valence-corrected chi connectivity index (χ2v) is 22.4. The van der Waals surface area contributed by atoms with E-state index in [0.29, 0.717) is 13.2 Å². The zero-order chi connectivity index (χ0) is 19.9. The quantitative estimate of drug-likeness (QED) is 0.286. The summed E-state index contributed by atoms with van der Waals surface area (Å²) in [6, 6.07) is 1.06. The third kappa shape index (κ3) is 14.2. The van der Waals surface area contributed by atoms with Gasteiger partial charge < -0.3 is 22.6 Å². The summed E-state index contributed by atoms with van der Waals surface area (Å²) in [6.07, 6.45) is 0.586. The Morgan fingerprint density at radius 3 is 2.00 bits per heavy atom. The largest absolute Gasteiger partial charge is 0.437 e. The molecule has 0 aromatic rings. The Hall–Kier alpha value is 0.451. The first-order valence-corrected chi connectivity index (χ1v) is 18.9. The predicted octanol–water partition coefficient (Wildman–Crippen LogP) is 3.63. The van der Waals surface area contributed by atoms with Crippen molar-refractivity contribution in [3.63, 3.8) is 0 Å². The number of ether oxygens (including phenoxy) is 1. The third-order valence-corrected chi connectivity index (χ3v) is 14.2. The van der Waals surface area contributed by atoms with E-state index in [1.807, 2.05) is 0 Å². The van der Waals surface area contributed by atoms with Crippen molar-refractivity contribution in [2.75, 3.05) is 40.4 Å². The molecule has 0 spiro atoms. The molecule has 0 aliphatic carbocycles. The Kier molecular flexibility index (Phi) is 10.3. The number of quaternary nitrogens is 1. The Morgan fingerprint density at radius 1 is 0.960 bits per heavy atom. The fourth-order valence-corrected chi connectivity index (χ4v) is 16.2. The molecular weight excluding hydrogens is 366 g/mol. The van der Waals surface area contributed by atoms with E-state index >= 15 is 0 Å². The van der Waals surface area contributed by atoms with Crippen molar-refractivity contribution in [2.24, 2.45) is 0 Å². The van der Waals surface area contributed by atoms with Gasteiger partial charge in [-0.2, -0.15) is 0 Å². The van der Waals surface area contributed by atoms with Crippen LogP contribution in [0.5, 0.6) is 0 Å². The molecule has 0 aromatic carbocycles. The minimum absolute atomic E-state index is 0.395. The fourth-order valence-electron chi connectivity index (χ4n) is 3.05. The van der Waals surface area contributed by atoms with Gasteiger partial charge in [-0.3, -0.25) is 0 Å². The molecular formula is C17H44NO4Si3+. The molecule has 0 aliphatic rings. The predicted molar refractivity (Wildman–Crippen MR) is 114 cm³/mol. The summed E-state index contributed by atoms with van der Waals surface area (Å²) in [5.74, 6) is 0. The van der Waals surface area contributed by atoms with Crippen LogP contribution in [-0.2, 0) is 13.0 Å². The molecule has 1 atom stereocenters. The second kappa shape index (κ2) is 10.1. The van der Waals surface area contributed by atoms with Gasteiger partial charge in [0.2, 0.25) is 0 Å². The standard InChI is InChI=1S/C17H44NO4Si3/c1-11-18(2,3)15-17(19)16-20-13-12-14-24(7,8)22-25(9,10)21-23(4,5)6/h17,19H,11-16H2,1-10H3/q+1. The van der Waals surface area contributed by atoms with Gasteiger partial charge in [-0.15, -0.1) is 0 Å². The topological polar surface area (TPSA) is 47.9 Å². The highest BCUT2D eigenvalue weighted by Gasteiger charge is 2.37. The number of aliphatic hydroxyl groups is 1. The molecule has 0 saturated heterocycles. The molecule has 8 heteroatoms. The second-order valence-electron chi connectivity index (χ2n) is 9.74. The first-order valence-electron chi connectivity index (χ1n) is 9.56. The normalized spacial score (nSPS) is 15.5. The van der Waals surface area contributed by atoms with Gasteiger partial charge in [-0.1, -0.05) is 0 Å². The maximum Gasteiger partial charge on any atom is 0.311 e. The first-order chi connectivity index (χ1) is 11.1. The zero-order valence-corrected chi connectivity index (χ0v) is 21.4. The third-order valence-electron chi connectivity index (χ3n) is 4.01. The van der Waals surface area contributed by atoms with Crippen molar-refractivity contribution in [2.45, 2.75) is 71.3 Å². The number of nitrogens with zero attached hydrogens (tertiary/aromatic N) is 1. The Balaban J connectivity index is 4.11. The molecule has 152 valence electrons. The molecule has 0 saturated carbocycles. The molecule has 0 radical (unpaired) electrons. The SMILES string of the molecule is CC[N+](C)(C)CC(O)COCCC[Si](C)(C)O[Si](C)(C)O[Si](C)(C)C. The van der Waals surface area contributed by atoms with Crippen LogP contribution in [0.1, 0.15) is 13.3 Å². The van der Waals surface area contributed by atoms with Gasteiger partial charge in [0, 0.05) is 6.61 Å². The van der Waals surface area contributed by atoms with Crippen LogP contribution in [-0.4, -0.2) is 81.3 Å². The van der Waals surface area contributed by atoms with Crippen LogP contribution in [0.25, 0.3) is 0 Å². The van der Waals surface area contributed by atoms with E-state index in [-0.39, 0.29) is 0 Å². The lowest BCUT2D eigenvalue weighted by molar-refractivity contribution is -0.891. The fraction of sp³-hybridized carbons (Fsp3) is 1.00. The van der Waals surface area contributed by atoms with E-state index in [0.717, 1.165) is 30.0 Å². The number of likely N-dealkylation sites (N-methyl/N-ethyl adjacent to an activating group) is 1. The van der Waals surface area contributed by atoms with Gasteiger partial charge in [0.05, 0.1) is 27.2 Å². The molecule has 1 N–H and O–H groups in total. The highest BCUT2D eigenvalue weighted by molar-refractivity contribution is 6.87. The molecule has 25 heavy (non-hydrogen) atoms. The lowest BCUT2D eigenvalue weighted by Gasteiger charge is -2.37.